The van der Waals surface area contributed by atoms with E-state index in [4.69, 9.17) is 2.71 Å². The Morgan fingerprint density at radius 2 is 2.25 bits per heavy atom. The molecule has 0 fully saturated rings. The molecular formula is C2H8B2. The molecular weight excluding hydrogens is 45.6 g/mol. The molecule has 0 aliphatic heterocycles. The van der Waals surface area contributed by atoms with Crippen LogP contribution in [0.3, 0.4) is 0 Å². The normalized spacial score (nSPS) is 6.00. The monoisotopic (exact) mass is 56.1 g/mol. The first-order chi connectivity index (χ1) is 2.41. The average Bonchev–Trinajstić information content (AvgIpc) is 1.46. The van der Waals surface area contributed by atoms with Crippen LogP contribution in [0.2, 0.25) is 6.80 Å². The lowest BCUT2D eigenvalue weighted by Gasteiger charge is -1.02. The molecule has 0 aliphatic rings. The van der Waals surface area contributed by atoms with E-state index < -0.39 is 0 Å². The van der Waals surface area contributed by atoms with E-state index in [0.717, 1.165) is 0 Å². The summed E-state index contributed by atoms with van der Waals surface area (Å²) >= 11 is 0. The third-order valence-electron chi connectivity index (χ3n) is 0. The van der Waals surface area contributed by atoms with E-state index >= 15 is 0 Å². The van der Waals surface area contributed by atoms with E-state index in [-0.39, 0.29) is 14.2 Å². The minimum Gasteiger partial charge on any atom is -0.0999 e. The summed E-state index contributed by atoms with van der Waals surface area (Å²) in [5.74, 6) is 0. The van der Waals surface area contributed by atoms with E-state index in [1.165, 1.54) is 0 Å². The lowest BCUT2D eigenvalue weighted by molar-refractivity contribution is 2.40. The van der Waals surface area contributed by atoms with Crippen LogP contribution < -0.4 is 0 Å². The van der Waals surface area contributed by atoms with Crippen LogP contribution in [0.4, 0.5) is 0 Å². The Morgan fingerprint density at radius 3 is 2.25 bits per heavy atom. The Kier molecular flexibility index (Phi) is 869. The highest BCUT2D eigenvalue weighted by atomic mass is 12.6. The standard InChI is InChI=1S/CH3B.CH4.BH/c1-2;;/h1H3;1H4;1H/i1D;;1D. The van der Waals surface area contributed by atoms with E-state index in [2.05, 4.69) is 16.2 Å². The van der Waals surface area contributed by atoms with E-state index in [1.54, 1.807) is 0 Å². The lowest BCUT2D eigenvalue weighted by Crippen LogP contribution is -1.13. The van der Waals surface area contributed by atoms with Gasteiger partial charge in [-0.2, -0.15) is 0 Å². The molecule has 0 spiro atoms. The molecule has 0 rings (SSSR count). The summed E-state index contributed by atoms with van der Waals surface area (Å²) in [6.07, 6.45) is 0. The van der Waals surface area contributed by atoms with Crippen LogP contribution in [0.1, 0.15) is 8.80 Å². The molecule has 0 amide bonds. The van der Waals surface area contributed by atoms with E-state index in [0.29, 0.717) is 0 Å². The molecule has 0 aromatic rings. The minimum atomic E-state index is 0. The van der Waals surface area contributed by atoms with Crippen molar-refractivity contribution in [3.05, 3.63) is 0 Å². The van der Waals surface area contributed by atoms with Gasteiger partial charge < -0.3 is 0 Å². The lowest BCUT2D eigenvalue weighted by atomic mass is 10.2. The molecule has 0 unspecified atom stereocenters. The second kappa shape index (κ2) is 842. The maximum absolute atomic E-state index is 5.99. The average molecular weight is 55.7 g/mol. The third kappa shape index (κ3) is 161. The number of rotatable bonds is 0. The fraction of sp³-hybridized carbons (Fsp3) is 1.00. The molecule has 0 N–H and O–H groups in total. The fourth-order valence-electron chi connectivity index (χ4n) is 0. The Bertz CT molecular complexity index is 9.51. The van der Waals surface area contributed by atoms with Crippen molar-refractivity contribution >= 4 is 16.2 Å². The molecule has 0 saturated carbocycles. The van der Waals surface area contributed by atoms with Gasteiger partial charge in [-0.15, -0.1) is 0 Å². The van der Waals surface area contributed by atoms with Crippen LogP contribution in [-0.4, -0.2) is 17.6 Å². The van der Waals surface area contributed by atoms with Crippen molar-refractivity contribution in [3.63, 3.8) is 0 Å². The van der Waals surface area contributed by atoms with Gasteiger partial charge in [-0.05, 0) is 1.34 Å². The van der Waals surface area contributed by atoms with Gasteiger partial charge in [0.05, 0.1) is 7.85 Å². The highest BCUT2D eigenvalue weighted by Crippen LogP contribution is 0.960. The Hall–Kier alpha value is 0.130. The van der Waals surface area contributed by atoms with Crippen molar-refractivity contribution in [3.8, 4) is 0 Å². The van der Waals surface area contributed by atoms with Crippen molar-refractivity contribution in [2.45, 2.75) is 14.2 Å². The van der Waals surface area contributed by atoms with Crippen molar-refractivity contribution in [1.82, 2.24) is 0 Å². The molecule has 0 aliphatic carbocycles. The maximum atomic E-state index is 5.99. The Labute approximate surface area is 34.3 Å². The second-order valence-electron chi connectivity index (χ2n) is 0. The number of hydrogen-bond acceptors (Lipinski definition) is 0. The van der Waals surface area contributed by atoms with Gasteiger partial charge in [0.2, 0.25) is 0 Å². The van der Waals surface area contributed by atoms with Crippen LogP contribution in [0.15, 0.2) is 0 Å². The van der Waals surface area contributed by atoms with Crippen molar-refractivity contribution in [2.24, 2.45) is 0 Å². The van der Waals surface area contributed by atoms with Crippen LogP contribution in [0, 0.1) is 0 Å². The van der Waals surface area contributed by atoms with Gasteiger partial charge in [0.15, 0.2) is 0 Å². The Morgan fingerprint density at radius 1 is 2.25 bits per heavy atom. The maximum Gasteiger partial charge on any atom is 0.0606 e. The first-order valence-corrected chi connectivity index (χ1v) is 0.408. The van der Waals surface area contributed by atoms with Crippen LogP contribution in [0.25, 0.3) is 0 Å². The molecule has 0 atom stereocenters. The molecule has 0 aromatic heterocycles. The van der Waals surface area contributed by atoms with Gasteiger partial charge in [-0.3, -0.25) is 0 Å². The third-order valence-corrected chi connectivity index (χ3v) is 0. The summed E-state index contributed by atoms with van der Waals surface area (Å²) < 4.78 is 11.2. The molecule has 22 valence electrons. The minimum absolute atomic E-state index is 0. The van der Waals surface area contributed by atoms with E-state index in [9.17, 15) is 0 Å². The fourth-order valence-corrected chi connectivity index (χ4v) is 0. The van der Waals surface area contributed by atoms with Gasteiger partial charge in [-0.25, -0.2) is 0 Å². The van der Waals surface area contributed by atoms with Crippen LogP contribution >= 0.6 is 0 Å². The van der Waals surface area contributed by atoms with Gasteiger partial charge in [0.25, 0.3) is 0 Å². The summed E-state index contributed by atoms with van der Waals surface area (Å²) in [6.45, 7) is 0. The summed E-state index contributed by atoms with van der Waals surface area (Å²) in [7, 11) is 8.26. The highest BCUT2D eigenvalue weighted by Gasteiger charge is 0.984. The van der Waals surface area contributed by atoms with Crippen molar-refractivity contribution in [1.29, 1.82) is 1.34 Å². The summed E-state index contributed by atoms with van der Waals surface area (Å²) in [5.41, 5.74) is 0. The Balaban J connectivity index is -0.0000000275. The quantitative estimate of drug-likeness (QED) is 0.347. The molecule has 0 heterocycles. The molecule has 4 radical (unpaired) electrons. The van der Waals surface area contributed by atoms with Crippen molar-refractivity contribution in [2.75, 3.05) is 0 Å². The van der Waals surface area contributed by atoms with E-state index in [1.807, 2.05) is 0 Å². The molecule has 4 heavy (non-hydrogen) atoms. The SMILES string of the molecule is C.[2H]C[B].[2H][B]. The molecule has 0 saturated heterocycles. The zero-order chi connectivity index (χ0) is 4.71. The zero-order valence-corrected chi connectivity index (χ0v) is 1.86. The predicted molar refractivity (Wildman–Crippen MR) is 25.5 cm³/mol. The van der Waals surface area contributed by atoms with Gasteiger partial charge in [0.1, 0.15) is 0 Å². The molecule has 2 heteroatoms. The zero-order valence-electron chi connectivity index (χ0n) is 3.86. The summed E-state index contributed by atoms with van der Waals surface area (Å²) in [4.78, 5) is 0. The first kappa shape index (κ1) is 4.13. The summed E-state index contributed by atoms with van der Waals surface area (Å²) in [6, 6.07) is 0. The van der Waals surface area contributed by atoms with Crippen molar-refractivity contribution < 1.29 is 1.37 Å². The second-order valence-corrected chi connectivity index (χ2v) is 0. The van der Waals surface area contributed by atoms with Gasteiger partial charge in [-0.1, -0.05) is 14.2 Å². The number of hydrogen-bond donors (Lipinski definition) is 0. The first-order valence-electron chi connectivity index (χ1n) is 1.69. The highest BCUT2D eigenvalue weighted by molar-refractivity contribution is 6.05. The molecule has 0 bridgehead atoms. The summed E-state index contributed by atoms with van der Waals surface area (Å²) in [5, 5.41) is 0. The molecule has 0 nitrogen and oxygen atoms in total. The topological polar surface area (TPSA) is 0 Å². The molecule has 0 aromatic carbocycles. The largest absolute Gasteiger partial charge is 0.0999 e. The smallest absolute Gasteiger partial charge is 0.0606 e. The predicted octanol–water partition coefficient (Wildman–Crippen LogP) is 0.191. The van der Waals surface area contributed by atoms with Gasteiger partial charge >= 0.3 is 0 Å². The van der Waals surface area contributed by atoms with Crippen LogP contribution in [-0.2, 0) is 0 Å². The van der Waals surface area contributed by atoms with Crippen LogP contribution in [0.5, 0.6) is 0 Å². The van der Waals surface area contributed by atoms with Gasteiger partial charge in [0, 0.05) is 9.75 Å².